The Bertz CT molecular complexity index is 568. The molecule has 0 atom stereocenters. The maximum absolute atomic E-state index is 12.4. The van der Waals surface area contributed by atoms with Gasteiger partial charge in [0.25, 0.3) is 0 Å². The zero-order valence-electron chi connectivity index (χ0n) is 15.2. The summed E-state index contributed by atoms with van der Waals surface area (Å²) in [4.78, 5) is 16.8. The first-order valence-electron chi connectivity index (χ1n) is 10.1. The largest absolute Gasteiger partial charge is 0.337 e. The van der Waals surface area contributed by atoms with E-state index in [0.29, 0.717) is 6.04 Å². The molecule has 138 valence electrons. The van der Waals surface area contributed by atoms with Crippen LogP contribution in [0.1, 0.15) is 62.6 Å². The van der Waals surface area contributed by atoms with E-state index in [9.17, 15) is 4.79 Å². The third-order valence-corrected chi connectivity index (χ3v) is 5.95. The quantitative estimate of drug-likeness (QED) is 0.892. The molecule has 6 heteroatoms. The van der Waals surface area contributed by atoms with Gasteiger partial charge in [0.05, 0.1) is 6.04 Å². The summed E-state index contributed by atoms with van der Waals surface area (Å²) in [5.74, 6) is 0.735. The third kappa shape index (κ3) is 4.17. The smallest absolute Gasteiger partial charge is 0.317 e. The SMILES string of the molecule is O=C(NCCN1CCCCC1)N1CCC(n2nccc2C2CC2)CC1. The van der Waals surface area contributed by atoms with Gasteiger partial charge in [-0.15, -0.1) is 0 Å². The van der Waals surface area contributed by atoms with E-state index in [1.54, 1.807) is 0 Å². The molecular weight excluding hydrogens is 314 g/mol. The van der Waals surface area contributed by atoms with Crippen molar-refractivity contribution in [1.29, 1.82) is 0 Å². The molecule has 2 saturated heterocycles. The van der Waals surface area contributed by atoms with Gasteiger partial charge in [-0.1, -0.05) is 6.42 Å². The number of aromatic nitrogens is 2. The van der Waals surface area contributed by atoms with Gasteiger partial charge in [0, 0.05) is 44.0 Å². The number of carbonyl (C=O) groups is 1. The summed E-state index contributed by atoms with van der Waals surface area (Å²) < 4.78 is 2.24. The lowest BCUT2D eigenvalue weighted by atomic mass is 10.0. The van der Waals surface area contributed by atoms with Crippen molar-refractivity contribution in [2.45, 2.75) is 56.9 Å². The lowest BCUT2D eigenvalue weighted by Gasteiger charge is -2.33. The Morgan fingerprint density at radius 1 is 1.08 bits per heavy atom. The van der Waals surface area contributed by atoms with Crippen LogP contribution in [0.15, 0.2) is 12.3 Å². The van der Waals surface area contributed by atoms with Crippen molar-refractivity contribution < 1.29 is 4.79 Å². The Kier molecular flexibility index (Phi) is 5.25. The zero-order valence-corrected chi connectivity index (χ0v) is 15.2. The number of urea groups is 1. The van der Waals surface area contributed by atoms with Gasteiger partial charge in [-0.25, -0.2) is 4.79 Å². The van der Waals surface area contributed by atoms with Crippen LogP contribution in [-0.2, 0) is 0 Å². The van der Waals surface area contributed by atoms with Gasteiger partial charge in [0.15, 0.2) is 0 Å². The Morgan fingerprint density at radius 3 is 2.56 bits per heavy atom. The second kappa shape index (κ2) is 7.77. The molecule has 0 unspecified atom stereocenters. The van der Waals surface area contributed by atoms with Gasteiger partial charge in [0.1, 0.15) is 0 Å². The predicted molar refractivity (Wildman–Crippen MR) is 97.7 cm³/mol. The number of hydrogen-bond donors (Lipinski definition) is 1. The molecule has 3 heterocycles. The lowest BCUT2D eigenvalue weighted by molar-refractivity contribution is 0.165. The van der Waals surface area contributed by atoms with Crippen molar-refractivity contribution in [2.24, 2.45) is 0 Å². The molecule has 0 aromatic carbocycles. The Morgan fingerprint density at radius 2 is 1.84 bits per heavy atom. The standard InChI is InChI=1S/C19H31N5O/c25-19(20-10-15-22-11-2-1-3-12-22)23-13-7-17(8-14-23)24-18(6-9-21-24)16-4-5-16/h6,9,16-17H,1-5,7-8,10-15H2,(H,20,25). The van der Waals surface area contributed by atoms with Crippen LogP contribution in [0.3, 0.4) is 0 Å². The van der Waals surface area contributed by atoms with Crippen molar-refractivity contribution in [3.05, 3.63) is 18.0 Å². The first-order chi connectivity index (χ1) is 12.3. The molecule has 1 aliphatic carbocycles. The summed E-state index contributed by atoms with van der Waals surface area (Å²) in [6.07, 6.45) is 10.6. The molecule has 0 bridgehead atoms. The van der Waals surface area contributed by atoms with Crippen molar-refractivity contribution in [3.8, 4) is 0 Å². The Hall–Kier alpha value is -1.56. The molecule has 25 heavy (non-hydrogen) atoms. The topological polar surface area (TPSA) is 53.4 Å². The maximum atomic E-state index is 12.4. The average molecular weight is 345 g/mol. The first-order valence-corrected chi connectivity index (χ1v) is 10.1. The number of nitrogens with zero attached hydrogens (tertiary/aromatic N) is 4. The zero-order chi connectivity index (χ0) is 17.1. The minimum absolute atomic E-state index is 0.110. The number of rotatable bonds is 5. The molecule has 4 rings (SSSR count). The first kappa shape index (κ1) is 16.9. The number of carbonyl (C=O) groups excluding carboxylic acids is 1. The van der Waals surface area contributed by atoms with E-state index in [1.807, 2.05) is 11.1 Å². The molecule has 1 aromatic rings. The second-order valence-corrected chi connectivity index (χ2v) is 7.83. The van der Waals surface area contributed by atoms with Gasteiger partial charge < -0.3 is 15.1 Å². The monoisotopic (exact) mass is 345 g/mol. The molecule has 3 aliphatic rings. The van der Waals surface area contributed by atoms with Gasteiger partial charge in [-0.2, -0.15) is 5.10 Å². The number of hydrogen-bond acceptors (Lipinski definition) is 3. The van der Waals surface area contributed by atoms with E-state index >= 15 is 0 Å². The van der Waals surface area contributed by atoms with Crippen LogP contribution in [0.4, 0.5) is 4.79 Å². The number of amides is 2. The van der Waals surface area contributed by atoms with E-state index in [1.165, 1.54) is 50.9 Å². The van der Waals surface area contributed by atoms with Gasteiger partial charge in [-0.05, 0) is 57.7 Å². The maximum Gasteiger partial charge on any atom is 0.317 e. The molecule has 1 aromatic heterocycles. The highest BCUT2D eigenvalue weighted by Crippen LogP contribution is 2.41. The Balaban J connectivity index is 1.20. The van der Waals surface area contributed by atoms with Crippen LogP contribution >= 0.6 is 0 Å². The highest BCUT2D eigenvalue weighted by Gasteiger charge is 2.31. The molecular formula is C19H31N5O. The fourth-order valence-electron chi connectivity index (χ4n) is 4.26. The minimum atomic E-state index is 0.110. The number of piperidine rings is 2. The normalized spacial score (nSPS) is 23.0. The summed E-state index contributed by atoms with van der Waals surface area (Å²) in [5.41, 5.74) is 1.41. The van der Waals surface area contributed by atoms with Crippen molar-refractivity contribution in [1.82, 2.24) is 24.9 Å². The Labute approximate surface area is 150 Å². The van der Waals surface area contributed by atoms with Gasteiger partial charge in [-0.3, -0.25) is 4.68 Å². The van der Waals surface area contributed by atoms with Crippen molar-refractivity contribution in [3.63, 3.8) is 0 Å². The highest BCUT2D eigenvalue weighted by molar-refractivity contribution is 5.74. The molecule has 1 saturated carbocycles. The fourth-order valence-corrected chi connectivity index (χ4v) is 4.26. The molecule has 3 fully saturated rings. The summed E-state index contributed by atoms with van der Waals surface area (Å²) in [6.45, 7) is 5.81. The van der Waals surface area contributed by atoms with Crippen LogP contribution < -0.4 is 5.32 Å². The second-order valence-electron chi connectivity index (χ2n) is 7.83. The predicted octanol–water partition coefficient (Wildman–Crippen LogP) is 2.59. The summed E-state index contributed by atoms with van der Waals surface area (Å²) in [7, 11) is 0. The van der Waals surface area contributed by atoms with Crippen LogP contribution in [-0.4, -0.2) is 64.9 Å². The highest BCUT2D eigenvalue weighted by atomic mass is 16.2. The summed E-state index contributed by atoms with van der Waals surface area (Å²) in [5, 5.41) is 7.68. The van der Waals surface area contributed by atoms with Crippen molar-refractivity contribution in [2.75, 3.05) is 39.3 Å². The van der Waals surface area contributed by atoms with Crippen LogP contribution in [0.2, 0.25) is 0 Å². The van der Waals surface area contributed by atoms with E-state index in [-0.39, 0.29) is 6.03 Å². The summed E-state index contributed by atoms with van der Waals surface area (Å²) in [6, 6.07) is 2.75. The third-order valence-electron chi connectivity index (χ3n) is 5.95. The van der Waals surface area contributed by atoms with E-state index < -0.39 is 0 Å². The van der Waals surface area contributed by atoms with E-state index in [2.05, 4.69) is 26.1 Å². The average Bonchev–Trinajstić information content (AvgIpc) is 3.39. The van der Waals surface area contributed by atoms with E-state index in [4.69, 9.17) is 0 Å². The minimum Gasteiger partial charge on any atom is -0.337 e. The van der Waals surface area contributed by atoms with Crippen LogP contribution in [0.25, 0.3) is 0 Å². The van der Waals surface area contributed by atoms with E-state index in [0.717, 1.165) is 44.9 Å². The lowest BCUT2D eigenvalue weighted by Crippen LogP contribution is -2.47. The molecule has 0 radical (unpaired) electrons. The molecule has 1 N–H and O–H groups in total. The molecule has 0 spiro atoms. The molecule has 6 nitrogen and oxygen atoms in total. The fraction of sp³-hybridized carbons (Fsp3) is 0.789. The number of likely N-dealkylation sites (tertiary alicyclic amines) is 2. The molecule has 2 amide bonds. The van der Waals surface area contributed by atoms with Crippen LogP contribution in [0.5, 0.6) is 0 Å². The van der Waals surface area contributed by atoms with Gasteiger partial charge in [0.2, 0.25) is 0 Å². The molecule has 2 aliphatic heterocycles. The summed E-state index contributed by atoms with van der Waals surface area (Å²) >= 11 is 0. The van der Waals surface area contributed by atoms with Crippen LogP contribution in [0, 0.1) is 0 Å². The van der Waals surface area contributed by atoms with Gasteiger partial charge >= 0.3 is 6.03 Å². The number of nitrogens with one attached hydrogen (secondary N) is 1. The van der Waals surface area contributed by atoms with Crippen molar-refractivity contribution >= 4 is 6.03 Å².